The van der Waals surface area contributed by atoms with E-state index in [-0.39, 0.29) is 11.9 Å². The Kier molecular flexibility index (Phi) is 3.83. The van der Waals surface area contributed by atoms with E-state index in [0.717, 1.165) is 40.1 Å². The number of thiophene rings is 1. The molecule has 0 radical (unpaired) electrons. The highest BCUT2D eigenvalue weighted by atomic mass is 32.1. The van der Waals surface area contributed by atoms with E-state index >= 15 is 0 Å². The Bertz CT molecular complexity index is 786. The van der Waals surface area contributed by atoms with Crippen LogP contribution in [0.2, 0.25) is 0 Å². The van der Waals surface area contributed by atoms with Crippen LogP contribution >= 0.6 is 11.3 Å². The van der Waals surface area contributed by atoms with E-state index in [4.69, 9.17) is 5.26 Å². The highest BCUT2D eigenvalue weighted by Gasteiger charge is 2.28. The maximum absolute atomic E-state index is 12.4. The van der Waals surface area contributed by atoms with Crippen LogP contribution in [-0.2, 0) is 0 Å². The van der Waals surface area contributed by atoms with Crippen LogP contribution in [0.3, 0.4) is 0 Å². The summed E-state index contributed by atoms with van der Waals surface area (Å²) in [6, 6.07) is 1.91. The number of aryl methyl sites for hydroxylation is 2. The minimum Gasteiger partial charge on any atom is -0.348 e. The quantitative estimate of drug-likeness (QED) is 0.939. The lowest BCUT2D eigenvalue weighted by molar-refractivity contribution is 0.0944. The Morgan fingerprint density at radius 3 is 2.82 bits per heavy atom. The van der Waals surface area contributed by atoms with Crippen LogP contribution in [0, 0.1) is 25.2 Å². The minimum absolute atomic E-state index is 0.129. The lowest BCUT2D eigenvalue weighted by Crippen LogP contribution is -2.32. The zero-order valence-electron chi connectivity index (χ0n) is 12.9. The van der Waals surface area contributed by atoms with E-state index in [0.29, 0.717) is 17.2 Å². The van der Waals surface area contributed by atoms with Crippen LogP contribution in [0.15, 0.2) is 0 Å². The molecule has 0 bridgehead atoms. The number of carbonyl (C=O) groups is 1. The Hall–Kier alpha value is -2.00. The average Bonchev–Trinajstić information content (AvgIpc) is 3.23. The molecular formula is C16H18N4OS. The van der Waals surface area contributed by atoms with Gasteiger partial charge in [-0.05, 0) is 39.2 Å². The van der Waals surface area contributed by atoms with Crippen LogP contribution in [0.5, 0.6) is 0 Å². The van der Waals surface area contributed by atoms with Crippen molar-refractivity contribution >= 4 is 27.5 Å². The van der Waals surface area contributed by atoms with Crippen molar-refractivity contribution in [1.82, 2.24) is 15.3 Å². The van der Waals surface area contributed by atoms with Gasteiger partial charge >= 0.3 is 0 Å². The van der Waals surface area contributed by atoms with Crippen molar-refractivity contribution in [2.75, 3.05) is 0 Å². The molecule has 2 heterocycles. The summed E-state index contributed by atoms with van der Waals surface area (Å²) in [5, 5.41) is 12.6. The van der Waals surface area contributed by atoms with E-state index < -0.39 is 0 Å². The van der Waals surface area contributed by atoms with Crippen LogP contribution < -0.4 is 5.32 Å². The second-order valence-corrected chi connectivity index (χ2v) is 6.91. The summed E-state index contributed by atoms with van der Waals surface area (Å²) in [4.78, 5) is 23.2. The van der Waals surface area contributed by atoms with Crippen molar-refractivity contribution in [3.8, 4) is 6.07 Å². The van der Waals surface area contributed by atoms with Gasteiger partial charge in [0.25, 0.3) is 5.91 Å². The molecule has 5 nitrogen and oxygen atoms in total. The van der Waals surface area contributed by atoms with Crippen molar-refractivity contribution in [1.29, 1.82) is 5.26 Å². The first kappa shape index (κ1) is 14.9. The molecule has 3 rings (SSSR count). The average molecular weight is 314 g/mol. The van der Waals surface area contributed by atoms with E-state index in [1.807, 2.05) is 20.8 Å². The Morgan fingerprint density at radius 2 is 2.18 bits per heavy atom. The van der Waals surface area contributed by atoms with Gasteiger partial charge in [0, 0.05) is 17.3 Å². The maximum Gasteiger partial charge on any atom is 0.261 e. The Morgan fingerprint density at radius 1 is 1.45 bits per heavy atom. The summed E-state index contributed by atoms with van der Waals surface area (Å²) in [5.41, 5.74) is 1.88. The monoisotopic (exact) mass is 314 g/mol. The molecule has 1 aliphatic carbocycles. The summed E-state index contributed by atoms with van der Waals surface area (Å²) >= 11 is 1.42. The number of aromatic nitrogens is 2. The number of rotatable bonds is 4. The third-order valence-electron chi connectivity index (χ3n) is 3.91. The topological polar surface area (TPSA) is 78.7 Å². The molecule has 0 aromatic carbocycles. The fraction of sp³-hybridized carbons (Fsp3) is 0.500. The Labute approximate surface area is 133 Å². The Balaban J connectivity index is 1.97. The molecule has 6 heteroatoms. The van der Waals surface area contributed by atoms with Crippen LogP contribution in [0.25, 0.3) is 10.2 Å². The van der Waals surface area contributed by atoms with Crippen molar-refractivity contribution in [3.05, 3.63) is 22.0 Å². The van der Waals surface area contributed by atoms with Crippen molar-refractivity contribution in [2.45, 2.75) is 52.0 Å². The smallest absolute Gasteiger partial charge is 0.261 e. The standard InChI is InChI=1S/C16H18N4OS/c1-8(6-7-17)18-15(21)13-9(2)12-10(3)19-14(11-4-5-11)20-16(12)22-13/h8,11H,4-6H2,1-3H3,(H,18,21)/t8-/m0/s1. The summed E-state index contributed by atoms with van der Waals surface area (Å²) in [7, 11) is 0. The fourth-order valence-electron chi connectivity index (χ4n) is 2.58. The van der Waals surface area contributed by atoms with E-state index in [1.165, 1.54) is 11.3 Å². The zero-order valence-corrected chi connectivity index (χ0v) is 13.8. The minimum atomic E-state index is -0.156. The first-order chi connectivity index (χ1) is 10.5. The summed E-state index contributed by atoms with van der Waals surface area (Å²) < 4.78 is 0. The number of carbonyl (C=O) groups excluding carboxylic acids is 1. The number of nitrogens with one attached hydrogen (secondary N) is 1. The second-order valence-electron chi connectivity index (χ2n) is 5.91. The van der Waals surface area contributed by atoms with Gasteiger partial charge in [-0.15, -0.1) is 11.3 Å². The predicted octanol–water partition coefficient (Wildman–Crippen LogP) is 3.22. The molecule has 1 N–H and O–H groups in total. The van der Waals surface area contributed by atoms with E-state index in [1.54, 1.807) is 0 Å². The number of hydrogen-bond donors (Lipinski definition) is 1. The molecule has 22 heavy (non-hydrogen) atoms. The highest BCUT2D eigenvalue weighted by molar-refractivity contribution is 7.20. The molecular weight excluding hydrogens is 296 g/mol. The summed E-state index contributed by atoms with van der Waals surface area (Å²) in [5.74, 6) is 1.28. The van der Waals surface area contributed by atoms with Crippen LogP contribution in [0.1, 0.15) is 58.9 Å². The number of fused-ring (bicyclic) bond motifs is 1. The zero-order chi connectivity index (χ0) is 15.9. The molecule has 1 fully saturated rings. The van der Waals surface area contributed by atoms with Gasteiger partial charge in [0.2, 0.25) is 0 Å². The lowest BCUT2D eigenvalue weighted by atomic mass is 10.1. The van der Waals surface area contributed by atoms with Crippen molar-refractivity contribution in [2.24, 2.45) is 0 Å². The SMILES string of the molecule is Cc1nc(C2CC2)nc2sc(C(=O)N[C@@H](C)CC#N)c(C)c12. The van der Waals surface area contributed by atoms with Gasteiger partial charge in [-0.25, -0.2) is 9.97 Å². The van der Waals surface area contributed by atoms with Gasteiger partial charge in [-0.1, -0.05) is 0 Å². The molecule has 1 amide bonds. The normalized spacial score (nSPS) is 15.5. The third kappa shape index (κ3) is 2.69. The molecule has 0 spiro atoms. The molecule has 0 unspecified atom stereocenters. The first-order valence-corrected chi connectivity index (χ1v) is 8.28. The molecule has 114 valence electrons. The predicted molar refractivity (Wildman–Crippen MR) is 86.0 cm³/mol. The van der Waals surface area contributed by atoms with Crippen LogP contribution in [0.4, 0.5) is 0 Å². The molecule has 1 aliphatic rings. The van der Waals surface area contributed by atoms with Gasteiger partial charge in [0.1, 0.15) is 10.7 Å². The number of nitriles is 1. The summed E-state index contributed by atoms with van der Waals surface area (Å²) in [6.07, 6.45) is 2.63. The largest absolute Gasteiger partial charge is 0.348 e. The van der Waals surface area contributed by atoms with Gasteiger partial charge in [-0.3, -0.25) is 4.79 Å². The lowest BCUT2D eigenvalue weighted by Gasteiger charge is -2.09. The molecule has 0 aliphatic heterocycles. The van der Waals surface area contributed by atoms with Crippen molar-refractivity contribution in [3.63, 3.8) is 0 Å². The van der Waals surface area contributed by atoms with Crippen molar-refractivity contribution < 1.29 is 4.79 Å². The van der Waals surface area contributed by atoms with E-state index in [9.17, 15) is 4.79 Å². The van der Waals surface area contributed by atoms with Gasteiger partial charge in [0.05, 0.1) is 23.1 Å². The molecule has 0 saturated heterocycles. The fourth-order valence-corrected chi connectivity index (χ4v) is 3.72. The molecule has 1 atom stereocenters. The first-order valence-electron chi connectivity index (χ1n) is 7.46. The summed E-state index contributed by atoms with van der Waals surface area (Å²) in [6.45, 7) is 5.76. The highest BCUT2D eigenvalue weighted by Crippen LogP contribution is 2.40. The number of hydrogen-bond acceptors (Lipinski definition) is 5. The maximum atomic E-state index is 12.4. The van der Waals surface area contributed by atoms with Gasteiger partial charge < -0.3 is 5.32 Å². The molecule has 2 aromatic heterocycles. The second kappa shape index (κ2) is 5.65. The van der Waals surface area contributed by atoms with Crippen LogP contribution in [-0.4, -0.2) is 21.9 Å². The van der Waals surface area contributed by atoms with E-state index in [2.05, 4.69) is 21.4 Å². The molecule has 2 aromatic rings. The number of nitrogens with zero attached hydrogens (tertiary/aromatic N) is 3. The number of amides is 1. The van der Waals surface area contributed by atoms with Gasteiger partial charge in [0.15, 0.2) is 0 Å². The van der Waals surface area contributed by atoms with Gasteiger partial charge in [-0.2, -0.15) is 5.26 Å². The third-order valence-corrected chi connectivity index (χ3v) is 5.10. The molecule has 1 saturated carbocycles.